The van der Waals surface area contributed by atoms with Crippen molar-refractivity contribution in [2.45, 2.75) is 46.2 Å². The fraction of sp³-hybridized carbons (Fsp3) is 0.889. The molecule has 0 aromatic rings. The predicted octanol–water partition coefficient (Wildman–Crippen LogP) is 2.94. The van der Waals surface area contributed by atoms with Gasteiger partial charge in [0.2, 0.25) is 0 Å². The van der Waals surface area contributed by atoms with Crippen LogP contribution in [-0.2, 0) is 4.08 Å². The first-order valence-electron chi connectivity index (χ1n) is 4.96. The van der Waals surface area contributed by atoms with Gasteiger partial charge in [-0.3, -0.25) is 0 Å². The van der Waals surface area contributed by atoms with Gasteiger partial charge in [0.1, 0.15) is 18.0 Å². The van der Waals surface area contributed by atoms with Gasteiger partial charge in [-0.05, 0) is 27.7 Å². The molecule has 1 N–H and O–H groups in total. The van der Waals surface area contributed by atoms with Gasteiger partial charge in [-0.2, -0.15) is 5.26 Å². The van der Waals surface area contributed by atoms with Crippen molar-refractivity contribution in [2.75, 3.05) is 6.16 Å². The van der Waals surface area contributed by atoms with Crippen molar-refractivity contribution in [3.8, 4) is 6.07 Å². The van der Waals surface area contributed by atoms with Crippen molar-refractivity contribution >= 4 is 19.7 Å². The summed E-state index contributed by atoms with van der Waals surface area (Å²) in [6.07, 6.45) is 0.524. The Bertz CT molecular complexity index is 225. The third kappa shape index (κ3) is 4.22. The van der Waals surface area contributed by atoms with Crippen molar-refractivity contribution in [1.82, 2.24) is 4.67 Å². The maximum absolute atomic E-state index is 10.3. The van der Waals surface area contributed by atoms with E-state index in [1.165, 1.54) is 0 Å². The van der Waals surface area contributed by atoms with Crippen LogP contribution < -0.4 is 0 Å². The molecule has 0 aromatic heterocycles. The SMILES string of the molecule is CC(C)N(C(C)C)[P+](O)(CCC#N)OCl. The summed E-state index contributed by atoms with van der Waals surface area (Å²) >= 11 is 5.38. The first-order valence-corrected chi connectivity index (χ1v) is 7.06. The van der Waals surface area contributed by atoms with E-state index in [0.29, 0.717) is 0 Å². The molecule has 0 aliphatic rings. The maximum atomic E-state index is 10.3. The number of nitrogens with zero attached hydrogens (tertiary/aromatic N) is 2. The van der Waals surface area contributed by atoms with E-state index < -0.39 is 7.87 Å². The molecule has 1 unspecified atom stereocenters. The van der Waals surface area contributed by atoms with Crippen LogP contribution in [0.4, 0.5) is 0 Å². The molecule has 0 aliphatic heterocycles. The summed E-state index contributed by atoms with van der Waals surface area (Å²) < 4.78 is 6.58. The van der Waals surface area contributed by atoms with Crippen LogP contribution >= 0.6 is 19.7 Å². The van der Waals surface area contributed by atoms with Crippen molar-refractivity contribution in [2.24, 2.45) is 0 Å². The van der Waals surface area contributed by atoms with Gasteiger partial charge in [-0.15, -0.1) is 4.67 Å². The summed E-state index contributed by atoms with van der Waals surface area (Å²) in [5.74, 6) is 0. The fourth-order valence-corrected chi connectivity index (χ4v) is 4.33. The second-order valence-corrected chi connectivity index (χ2v) is 6.72. The molecule has 4 nitrogen and oxygen atoms in total. The Balaban J connectivity index is 4.79. The van der Waals surface area contributed by atoms with E-state index in [0.717, 1.165) is 0 Å². The minimum absolute atomic E-state index is 0.126. The van der Waals surface area contributed by atoms with Crippen molar-refractivity contribution in [1.29, 1.82) is 5.26 Å². The van der Waals surface area contributed by atoms with Gasteiger partial charge in [0, 0.05) is 12.1 Å². The Kier molecular flexibility index (Phi) is 6.66. The molecule has 0 spiro atoms. The highest BCUT2D eigenvalue weighted by molar-refractivity contribution is 7.64. The van der Waals surface area contributed by atoms with E-state index in [2.05, 4.69) is 0 Å². The predicted molar refractivity (Wildman–Crippen MR) is 63.3 cm³/mol. The average molecular weight is 254 g/mol. The topological polar surface area (TPSA) is 56.5 Å². The highest BCUT2D eigenvalue weighted by Gasteiger charge is 2.49. The molecule has 0 saturated heterocycles. The molecule has 0 aromatic carbocycles. The zero-order valence-corrected chi connectivity index (χ0v) is 11.3. The van der Waals surface area contributed by atoms with E-state index in [1.807, 2.05) is 38.4 Å². The number of halogens is 1. The van der Waals surface area contributed by atoms with Crippen LogP contribution in [0.25, 0.3) is 0 Å². The van der Waals surface area contributed by atoms with Crippen LogP contribution in [-0.4, -0.2) is 27.8 Å². The average Bonchev–Trinajstić information content (AvgIpc) is 2.13. The third-order valence-corrected chi connectivity index (χ3v) is 5.38. The number of hydrogen-bond donors (Lipinski definition) is 1. The number of hydrogen-bond acceptors (Lipinski definition) is 4. The Morgan fingerprint density at radius 1 is 1.40 bits per heavy atom. The lowest BCUT2D eigenvalue weighted by Crippen LogP contribution is -2.37. The Hall–Kier alpha value is 0.0900. The lowest BCUT2D eigenvalue weighted by atomic mass is 10.3. The zero-order valence-electron chi connectivity index (χ0n) is 9.64. The monoisotopic (exact) mass is 253 g/mol. The highest BCUT2D eigenvalue weighted by atomic mass is 35.5. The highest BCUT2D eigenvalue weighted by Crippen LogP contribution is 2.62. The van der Waals surface area contributed by atoms with Crippen LogP contribution in [0.2, 0.25) is 0 Å². The van der Waals surface area contributed by atoms with Crippen molar-refractivity contribution < 1.29 is 8.97 Å². The molecular weight excluding hydrogens is 235 g/mol. The normalized spacial score (nSPS) is 15.7. The standard InChI is InChI=1S/C9H19ClN2O2P/c1-8(2)12(9(3)4)15(13,14-10)7-5-6-11/h8-9,13H,5,7H2,1-4H3/q+1. The van der Waals surface area contributed by atoms with E-state index in [1.54, 1.807) is 0 Å². The minimum Gasteiger partial charge on any atom is -0.200 e. The van der Waals surface area contributed by atoms with Gasteiger partial charge in [-0.1, -0.05) is 4.08 Å². The summed E-state index contributed by atoms with van der Waals surface area (Å²) in [6, 6.07) is 2.24. The quantitative estimate of drug-likeness (QED) is 0.740. The summed E-state index contributed by atoms with van der Waals surface area (Å²) in [5, 5.41) is 8.52. The van der Waals surface area contributed by atoms with Crippen molar-refractivity contribution in [3.63, 3.8) is 0 Å². The van der Waals surface area contributed by atoms with Gasteiger partial charge in [0.15, 0.2) is 0 Å². The van der Waals surface area contributed by atoms with E-state index in [-0.39, 0.29) is 24.7 Å². The van der Waals surface area contributed by atoms with E-state index in [4.69, 9.17) is 21.2 Å². The second-order valence-electron chi connectivity index (χ2n) is 3.93. The molecule has 6 heteroatoms. The van der Waals surface area contributed by atoms with Gasteiger partial charge in [0.25, 0.3) is 0 Å². The molecule has 0 radical (unpaired) electrons. The fourth-order valence-electron chi connectivity index (χ4n) is 1.70. The van der Waals surface area contributed by atoms with Crippen LogP contribution in [0.5, 0.6) is 0 Å². The number of rotatable bonds is 6. The van der Waals surface area contributed by atoms with Crippen LogP contribution in [0, 0.1) is 11.3 Å². The molecule has 0 heterocycles. The Morgan fingerprint density at radius 3 is 2.13 bits per heavy atom. The van der Waals surface area contributed by atoms with Gasteiger partial charge in [0.05, 0.1) is 12.5 Å². The summed E-state index contributed by atoms with van der Waals surface area (Å²) in [6.45, 7) is 7.86. The Labute approximate surface area is 97.5 Å². The smallest absolute Gasteiger partial charge is 0.200 e. The molecule has 1 atom stereocenters. The van der Waals surface area contributed by atoms with Gasteiger partial charge in [-0.25, -0.2) is 4.89 Å². The van der Waals surface area contributed by atoms with E-state index >= 15 is 0 Å². The van der Waals surface area contributed by atoms with Crippen LogP contribution in [0.15, 0.2) is 0 Å². The molecule has 0 aliphatic carbocycles. The minimum atomic E-state index is -2.81. The van der Waals surface area contributed by atoms with Gasteiger partial charge < -0.3 is 0 Å². The largest absolute Gasteiger partial charge is 0.372 e. The first kappa shape index (κ1) is 15.1. The lowest BCUT2D eigenvalue weighted by molar-refractivity contribution is 0.248. The summed E-state index contributed by atoms with van der Waals surface area (Å²) in [7, 11) is -2.81. The first-order chi connectivity index (χ1) is 6.89. The number of nitriles is 1. The molecule has 0 amide bonds. The molecule has 15 heavy (non-hydrogen) atoms. The Morgan fingerprint density at radius 2 is 1.87 bits per heavy atom. The van der Waals surface area contributed by atoms with Crippen molar-refractivity contribution in [3.05, 3.63) is 0 Å². The molecule has 0 fully saturated rings. The lowest BCUT2D eigenvalue weighted by Gasteiger charge is -2.32. The molecule has 88 valence electrons. The molecule has 0 bridgehead atoms. The van der Waals surface area contributed by atoms with Gasteiger partial charge >= 0.3 is 7.87 Å². The van der Waals surface area contributed by atoms with Crippen LogP contribution in [0.3, 0.4) is 0 Å². The van der Waals surface area contributed by atoms with E-state index in [9.17, 15) is 4.89 Å². The maximum Gasteiger partial charge on any atom is 0.372 e. The third-order valence-electron chi connectivity index (χ3n) is 2.04. The zero-order chi connectivity index (χ0) is 12.1. The summed E-state index contributed by atoms with van der Waals surface area (Å²) in [4.78, 5) is 10.3. The molecule has 0 rings (SSSR count). The second kappa shape index (κ2) is 6.62. The molecule has 0 saturated carbocycles. The van der Waals surface area contributed by atoms with Crippen LogP contribution in [0.1, 0.15) is 34.1 Å². The molecular formula is C9H19ClN2O2P+. The summed E-state index contributed by atoms with van der Waals surface area (Å²) in [5.41, 5.74) is 0.